The van der Waals surface area contributed by atoms with Crippen LogP contribution in [0.2, 0.25) is 0 Å². The smallest absolute Gasteiger partial charge is 0.191 e. The molecule has 1 unspecified atom stereocenters. The van der Waals surface area contributed by atoms with Gasteiger partial charge in [0, 0.05) is 23.3 Å². The van der Waals surface area contributed by atoms with E-state index in [1.165, 1.54) is 0 Å². The number of nitrogens with zero attached hydrogens (tertiary/aromatic N) is 1. The molecule has 0 aliphatic carbocycles. The van der Waals surface area contributed by atoms with E-state index >= 15 is 0 Å². The van der Waals surface area contributed by atoms with Crippen molar-refractivity contribution in [1.82, 2.24) is 4.98 Å². The summed E-state index contributed by atoms with van der Waals surface area (Å²) in [5.74, 6) is 0.207. The molecular weight excluding hydrogens is 250 g/mol. The highest BCUT2D eigenvalue weighted by atomic mass is 16.5. The summed E-state index contributed by atoms with van der Waals surface area (Å²) in [5, 5.41) is 0.987. The lowest BCUT2D eigenvalue weighted by molar-refractivity contribution is 0.0280. The number of aromatic nitrogens is 1. The summed E-state index contributed by atoms with van der Waals surface area (Å²) in [4.78, 5) is 17.0. The van der Waals surface area contributed by atoms with E-state index in [4.69, 9.17) is 4.74 Å². The van der Waals surface area contributed by atoms with Crippen molar-refractivity contribution in [2.75, 3.05) is 6.61 Å². The molecule has 0 bridgehead atoms. The first-order valence-corrected chi connectivity index (χ1v) is 7.06. The number of ketones is 1. The summed E-state index contributed by atoms with van der Waals surface area (Å²) in [6.45, 7) is 8.43. The minimum atomic E-state index is -0.379. The van der Waals surface area contributed by atoms with Crippen molar-refractivity contribution in [1.29, 1.82) is 0 Å². The van der Waals surface area contributed by atoms with Crippen LogP contribution in [0.1, 0.15) is 36.8 Å². The Kier molecular flexibility index (Phi) is 4.50. The quantitative estimate of drug-likeness (QED) is 0.777. The number of aryl methyl sites for hydroxylation is 1. The number of carbonyl (C=O) groups excluding carboxylic acids is 1. The summed E-state index contributed by atoms with van der Waals surface area (Å²) >= 11 is 0. The van der Waals surface area contributed by atoms with Crippen molar-refractivity contribution >= 4 is 16.7 Å². The molecule has 1 atom stereocenters. The normalized spacial score (nSPS) is 12.8. The summed E-state index contributed by atoms with van der Waals surface area (Å²) in [6, 6.07) is 9.60. The van der Waals surface area contributed by atoms with Crippen LogP contribution in [0.25, 0.3) is 10.9 Å². The van der Waals surface area contributed by atoms with Gasteiger partial charge in [-0.25, -0.2) is 0 Å². The molecule has 1 aromatic carbocycles. The number of rotatable bonds is 5. The topological polar surface area (TPSA) is 39.2 Å². The van der Waals surface area contributed by atoms with Crippen molar-refractivity contribution in [3.05, 3.63) is 41.6 Å². The Morgan fingerprint density at radius 3 is 2.65 bits per heavy atom. The van der Waals surface area contributed by atoms with Gasteiger partial charge in [0.15, 0.2) is 5.78 Å². The van der Waals surface area contributed by atoms with Gasteiger partial charge in [-0.1, -0.05) is 19.9 Å². The Hall–Kier alpha value is -1.74. The molecule has 0 N–H and O–H groups in total. The van der Waals surface area contributed by atoms with Crippen LogP contribution in [0.3, 0.4) is 0 Å². The monoisotopic (exact) mass is 271 g/mol. The summed E-state index contributed by atoms with van der Waals surface area (Å²) < 4.78 is 5.59. The molecule has 0 saturated heterocycles. The van der Waals surface area contributed by atoms with Crippen LogP contribution in [0.15, 0.2) is 30.3 Å². The van der Waals surface area contributed by atoms with Gasteiger partial charge in [-0.2, -0.15) is 0 Å². The molecule has 0 radical (unpaired) electrons. The van der Waals surface area contributed by atoms with Crippen LogP contribution in [0.4, 0.5) is 0 Å². The minimum absolute atomic E-state index is 0.0457. The highest BCUT2D eigenvalue weighted by Gasteiger charge is 2.23. The first kappa shape index (κ1) is 14.7. The lowest BCUT2D eigenvalue weighted by Gasteiger charge is -2.19. The minimum Gasteiger partial charge on any atom is -0.370 e. The van der Waals surface area contributed by atoms with Crippen LogP contribution in [0.5, 0.6) is 0 Å². The summed E-state index contributed by atoms with van der Waals surface area (Å²) in [6.07, 6.45) is -0.379. The van der Waals surface area contributed by atoms with Gasteiger partial charge < -0.3 is 4.74 Å². The first-order chi connectivity index (χ1) is 9.52. The average molecular weight is 271 g/mol. The van der Waals surface area contributed by atoms with Gasteiger partial charge in [0.05, 0.1) is 5.52 Å². The number of hydrogen-bond acceptors (Lipinski definition) is 3. The SMILES string of the molecule is CCOC(C(=O)c1ccc2nc(C)ccc2c1)C(C)C. The molecule has 1 aromatic heterocycles. The second-order valence-electron chi connectivity index (χ2n) is 5.34. The van der Waals surface area contributed by atoms with Crippen molar-refractivity contribution < 1.29 is 9.53 Å². The van der Waals surface area contributed by atoms with Crippen molar-refractivity contribution in [3.8, 4) is 0 Å². The Balaban J connectivity index is 2.36. The average Bonchev–Trinajstić information content (AvgIpc) is 2.43. The number of carbonyl (C=O) groups is 1. The molecule has 0 fully saturated rings. The van der Waals surface area contributed by atoms with Gasteiger partial charge in [0.25, 0.3) is 0 Å². The lowest BCUT2D eigenvalue weighted by Crippen LogP contribution is -2.29. The summed E-state index contributed by atoms with van der Waals surface area (Å²) in [7, 11) is 0. The van der Waals surface area contributed by atoms with Crippen molar-refractivity contribution in [3.63, 3.8) is 0 Å². The van der Waals surface area contributed by atoms with Gasteiger partial charge in [0.2, 0.25) is 0 Å². The zero-order chi connectivity index (χ0) is 14.7. The lowest BCUT2D eigenvalue weighted by atomic mass is 9.96. The third-order valence-corrected chi connectivity index (χ3v) is 3.32. The number of pyridine rings is 1. The van der Waals surface area contributed by atoms with E-state index in [2.05, 4.69) is 4.98 Å². The zero-order valence-corrected chi connectivity index (χ0v) is 12.5. The van der Waals surface area contributed by atoms with Gasteiger partial charge in [-0.3, -0.25) is 9.78 Å². The number of ether oxygens (including phenoxy) is 1. The molecule has 0 amide bonds. The molecule has 3 nitrogen and oxygen atoms in total. The van der Waals surface area contributed by atoms with Gasteiger partial charge in [-0.15, -0.1) is 0 Å². The first-order valence-electron chi connectivity index (χ1n) is 7.06. The number of benzene rings is 1. The third kappa shape index (κ3) is 3.05. The molecule has 20 heavy (non-hydrogen) atoms. The number of Topliss-reactive ketones (excluding diaryl/α,β-unsaturated/α-hetero) is 1. The van der Waals surface area contributed by atoms with Crippen LogP contribution in [-0.4, -0.2) is 23.5 Å². The maximum atomic E-state index is 12.5. The van der Waals surface area contributed by atoms with Gasteiger partial charge in [-0.05, 0) is 44.0 Å². The Labute approximate surface area is 120 Å². The van der Waals surface area contributed by atoms with Crippen molar-refractivity contribution in [2.24, 2.45) is 5.92 Å². The Bertz CT molecular complexity index is 619. The highest BCUT2D eigenvalue weighted by molar-refractivity contribution is 6.02. The number of hydrogen-bond donors (Lipinski definition) is 0. The molecule has 0 aliphatic rings. The maximum absolute atomic E-state index is 12.5. The van der Waals surface area contributed by atoms with E-state index in [-0.39, 0.29) is 17.8 Å². The van der Waals surface area contributed by atoms with Gasteiger partial charge in [0.1, 0.15) is 6.10 Å². The fourth-order valence-corrected chi connectivity index (χ4v) is 2.30. The standard InChI is InChI=1S/C17H21NO2/c1-5-20-17(11(2)3)16(19)14-8-9-15-13(10-14)7-6-12(4)18-15/h6-11,17H,5H2,1-4H3. The van der Waals surface area contributed by atoms with E-state index in [0.29, 0.717) is 12.2 Å². The largest absolute Gasteiger partial charge is 0.370 e. The van der Waals surface area contributed by atoms with Crippen LogP contribution >= 0.6 is 0 Å². The molecule has 0 saturated carbocycles. The molecule has 3 heteroatoms. The van der Waals surface area contributed by atoms with E-state index in [0.717, 1.165) is 16.6 Å². The maximum Gasteiger partial charge on any atom is 0.191 e. The molecule has 1 heterocycles. The molecular formula is C17H21NO2. The third-order valence-electron chi connectivity index (χ3n) is 3.32. The van der Waals surface area contributed by atoms with Crippen LogP contribution in [-0.2, 0) is 4.74 Å². The summed E-state index contributed by atoms with van der Waals surface area (Å²) in [5.41, 5.74) is 2.58. The zero-order valence-electron chi connectivity index (χ0n) is 12.5. The van der Waals surface area contributed by atoms with Crippen molar-refractivity contribution in [2.45, 2.75) is 33.8 Å². The van der Waals surface area contributed by atoms with E-state index < -0.39 is 0 Å². The molecule has 106 valence electrons. The fourth-order valence-electron chi connectivity index (χ4n) is 2.30. The molecule has 0 spiro atoms. The van der Waals surface area contributed by atoms with E-state index in [9.17, 15) is 4.79 Å². The van der Waals surface area contributed by atoms with Gasteiger partial charge >= 0.3 is 0 Å². The van der Waals surface area contributed by atoms with Crippen LogP contribution in [0, 0.1) is 12.8 Å². The van der Waals surface area contributed by atoms with Crippen LogP contribution < -0.4 is 0 Å². The molecule has 2 rings (SSSR count). The predicted molar refractivity (Wildman–Crippen MR) is 81.1 cm³/mol. The number of fused-ring (bicyclic) bond motifs is 1. The Morgan fingerprint density at radius 1 is 1.25 bits per heavy atom. The second-order valence-corrected chi connectivity index (χ2v) is 5.34. The van der Waals surface area contributed by atoms with E-state index in [1.54, 1.807) is 0 Å². The fraction of sp³-hybridized carbons (Fsp3) is 0.412. The van der Waals surface area contributed by atoms with E-state index in [1.807, 2.05) is 58.0 Å². The second kappa shape index (κ2) is 6.14. The Morgan fingerprint density at radius 2 is 2.00 bits per heavy atom. The molecule has 0 aliphatic heterocycles. The predicted octanol–water partition coefficient (Wildman–Crippen LogP) is 3.79. The molecule has 2 aromatic rings. The highest BCUT2D eigenvalue weighted by Crippen LogP contribution is 2.19.